The summed E-state index contributed by atoms with van der Waals surface area (Å²) in [5.41, 5.74) is 0. The van der Waals surface area contributed by atoms with Gasteiger partial charge in [0.15, 0.2) is 0 Å². The molecule has 2 unspecified atom stereocenters. The van der Waals surface area contributed by atoms with E-state index in [0.29, 0.717) is 17.8 Å². The minimum atomic E-state index is 0. The Bertz CT molecular complexity index is 486. The van der Waals surface area contributed by atoms with Crippen LogP contribution in [0.15, 0.2) is 29.2 Å². The summed E-state index contributed by atoms with van der Waals surface area (Å²) >= 11 is 7.68. The van der Waals surface area contributed by atoms with Gasteiger partial charge in [0.25, 0.3) is 0 Å². The number of carbonyl (C=O) groups is 1. The van der Waals surface area contributed by atoms with E-state index in [1.807, 2.05) is 24.3 Å². The average Bonchev–Trinajstić information content (AvgIpc) is 2.71. The van der Waals surface area contributed by atoms with Crippen molar-refractivity contribution in [2.75, 3.05) is 18.8 Å². The van der Waals surface area contributed by atoms with Gasteiger partial charge in [-0.1, -0.05) is 23.7 Å². The van der Waals surface area contributed by atoms with Crippen LogP contribution in [0, 0.1) is 0 Å². The molecule has 6 heteroatoms. The van der Waals surface area contributed by atoms with Gasteiger partial charge in [0.05, 0.1) is 10.8 Å². The maximum atomic E-state index is 12.5. The molecular formula is C15H20Cl2N2OS. The average molecular weight is 347 g/mol. The number of nitrogens with zero attached hydrogens (tertiary/aromatic N) is 1. The van der Waals surface area contributed by atoms with E-state index in [-0.39, 0.29) is 18.3 Å². The first-order valence-corrected chi connectivity index (χ1v) is 8.51. The number of halogens is 2. The van der Waals surface area contributed by atoms with Crippen molar-refractivity contribution in [1.82, 2.24) is 10.2 Å². The lowest BCUT2D eigenvalue weighted by Crippen LogP contribution is -2.43. The van der Waals surface area contributed by atoms with Crippen LogP contribution in [0.25, 0.3) is 0 Å². The molecule has 21 heavy (non-hydrogen) atoms. The van der Waals surface area contributed by atoms with Gasteiger partial charge in [-0.3, -0.25) is 4.79 Å². The number of benzene rings is 1. The van der Waals surface area contributed by atoms with Crippen LogP contribution in [-0.2, 0) is 4.79 Å². The number of fused-ring (bicyclic) bond motifs is 2. The van der Waals surface area contributed by atoms with Crippen LogP contribution in [0.2, 0.25) is 5.02 Å². The predicted octanol–water partition coefficient (Wildman–Crippen LogP) is 3.21. The molecule has 1 amide bonds. The molecule has 2 heterocycles. The van der Waals surface area contributed by atoms with Crippen molar-refractivity contribution in [2.24, 2.45) is 0 Å². The first kappa shape index (κ1) is 16.9. The summed E-state index contributed by atoms with van der Waals surface area (Å²) in [4.78, 5) is 15.6. The summed E-state index contributed by atoms with van der Waals surface area (Å²) in [7, 11) is 0. The van der Waals surface area contributed by atoms with Gasteiger partial charge in [0.1, 0.15) is 0 Å². The normalized spacial score (nSPS) is 24.3. The van der Waals surface area contributed by atoms with E-state index >= 15 is 0 Å². The fraction of sp³-hybridized carbons (Fsp3) is 0.533. The molecule has 0 spiro atoms. The highest BCUT2D eigenvalue weighted by Crippen LogP contribution is 2.31. The van der Waals surface area contributed by atoms with E-state index in [1.54, 1.807) is 11.8 Å². The van der Waals surface area contributed by atoms with Crippen LogP contribution in [0.5, 0.6) is 0 Å². The number of amides is 1. The monoisotopic (exact) mass is 346 g/mol. The van der Waals surface area contributed by atoms with Crippen LogP contribution < -0.4 is 5.32 Å². The molecule has 2 aliphatic rings. The second-order valence-corrected chi connectivity index (χ2v) is 6.82. The van der Waals surface area contributed by atoms with Crippen LogP contribution in [0.1, 0.15) is 19.3 Å². The van der Waals surface area contributed by atoms with Crippen molar-refractivity contribution >= 4 is 41.7 Å². The van der Waals surface area contributed by atoms with Crippen LogP contribution in [-0.4, -0.2) is 41.7 Å². The minimum Gasteiger partial charge on any atom is -0.335 e. The summed E-state index contributed by atoms with van der Waals surface area (Å²) in [6.07, 6.45) is 3.38. The van der Waals surface area contributed by atoms with E-state index in [4.69, 9.17) is 11.6 Å². The molecule has 2 atom stereocenters. The molecule has 116 valence electrons. The topological polar surface area (TPSA) is 32.3 Å². The highest BCUT2D eigenvalue weighted by Gasteiger charge is 2.37. The summed E-state index contributed by atoms with van der Waals surface area (Å²) in [6, 6.07) is 8.54. The summed E-state index contributed by atoms with van der Waals surface area (Å²) in [5.74, 6) is 0.739. The van der Waals surface area contributed by atoms with Gasteiger partial charge < -0.3 is 10.2 Å². The summed E-state index contributed by atoms with van der Waals surface area (Å²) in [5, 5.41) is 4.15. The number of hydrogen-bond donors (Lipinski definition) is 1. The third-order valence-corrected chi connectivity index (χ3v) is 5.63. The van der Waals surface area contributed by atoms with Gasteiger partial charge in [0.2, 0.25) is 5.91 Å². The predicted molar refractivity (Wildman–Crippen MR) is 90.6 cm³/mol. The van der Waals surface area contributed by atoms with Gasteiger partial charge in [-0.15, -0.1) is 24.2 Å². The van der Waals surface area contributed by atoms with Gasteiger partial charge in [-0.05, 0) is 37.9 Å². The molecule has 3 nitrogen and oxygen atoms in total. The SMILES string of the molecule is Cl.O=C(CSc1ccccc1Cl)N1C2CCNCC1CC2. The summed E-state index contributed by atoms with van der Waals surface area (Å²) < 4.78 is 0. The Labute approximate surface area is 141 Å². The number of hydrogen-bond acceptors (Lipinski definition) is 3. The maximum absolute atomic E-state index is 12.5. The smallest absolute Gasteiger partial charge is 0.233 e. The molecule has 2 bridgehead atoms. The Balaban J connectivity index is 0.00000161. The number of nitrogens with one attached hydrogen (secondary N) is 1. The van der Waals surface area contributed by atoms with Crippen LogP contribution in [0.4, 0.5) is 0 Å². The molecule has 0 aliphatic carbocycles. The molecular weight excluding hydrogens is 327 g/mol. The quantitative estimate of drug-likeness (QED) is 0.853. The first-order valence-electron chi connectivity index (χ1n) is 7.15. The molecule has 2 aliphatic heterocycles. The van der Waals surface area contributed by atoms with Crippen molar-refractivity contribution in [2.45, 2.75) is 36.2 Å². The lowest BCUT2D eigenvalue weighted by atomic mass is 10.1. The van der Waals surface area contributed by atoms with Crippen molar-refractivity contribution in [3.8, 4) is 0 Å². The van der Waals surface area contributed by atoms with Crippen LogP contribution in [0.3, 0.4) is 0 Å². The van der Waals surface area contributed by atoms with Gasteiger partial charge in [-0.2, -0.15) is 0 Å². The summed E-state index contributed by atoms with van der Waals surface area (Å²) in [6.45, 7) is 1.97. The molecule has 1 N–H and O–H groups in total. The Morgan fingerprint density at radius 1 is 1.29 bits per heavy atom. The fourth-order valence-electron chi connectivity index (χ4n) is 3.17. The largest absolute Gasteiger partial charge is 0.335 e. The van der Waals surface area contributed by atoms with Crippen molar-refractivity contribution in [3.05, 3.63) is 29.3 Å². The number of carbonyl (C=O) groups excluding carboxylic acids is 1. The van der Waals surface area contributed by atoms with Gasteiger partial charge >= 0.3 is 0 Å². The Morgan fingerprint density at radius 3 is 2.86 bits per heavy atom. The van der Waals surface area contributed by atoms with Crippen molar-refractivity contribution in [3.63, 3.8) is 0 Å². The number of rotatable bonds is 3. The molecule has 2 fully saturated rings. The van der Waals surface area contributed by atoms with Gasteiger partial charge in [-0.25, -0.2) is 0 Å². The zero-order valence-electron chi connectivity index (χ0n) is 11.8. The number of thioether (sulfide) groups is 1. The fourth-order valence-corrected chi connectivity index (χ4v) is 4.27. The zero-order valence-corrected chi connectivity index (χ0v) is 14.1. The third-order valence-electron chi connectivity index (χ3n) is 4.13. The van der Waals surface area contributed by atoms with Crippen molar-refractivity contribution < 1.29 is 4.79 Å². The van der Waals surface area contributed by atoms with Crippen molar-refractivity contribution in [1.29, 1.82) is 0 Å². The van der Waals surface area contributed by atoms with E-state index in [0.717, 1.165) is 42.3 Å². The standard InChI is InChI=1S/C15H19ClN2OS.ClH/c16-13-3-1-2-4-14(13)20-10-15(19)18-11-5-6-12(18)9-17-8-7-11;/h1-4,11-12,17H,5-10H2;1H. The molecule has 0 aromatic heterocycles. The van der Waals surface area contributed by atoms with E-state index < -0.39 is 0 Å². The Hall–Kier alpha value is -0.420. The molecule has 0 saturated carbocycles. The zero-order chi connectivity index (χ0) is 13.9. The highest BCUT2D eigenvalue weighted by molar-refractivity contribution is 8.00. The maximum Gasteiger partial charge on any atom is 0.233 e. The molecule has 0 radical (unpaired) electrons. The molecule has 3 rings (SSSR count). The second kappa shape index (κ2) is 7.73. The molecule has 1 aromatic carbocycles. The van der Waals surface area contributed by atoms with E-state index in [1.165, 1.54) is 0 Å². The molecule has 1 aromatic rings. The highest BCUT2D eigenvalue weighted by atomic mass is 35.5. The minimum absolute atomic E-state index is 0. The second-order valence-electron chi connectivity index (χ2n) is 5.40. The van der Waals surface area contributed by atoms with E-state index in [9.17, 15) is 4.79 Å². The Morgan fingerprint density at radius 2 is 2.05 bits per heavy atom. The van der Waals surface area contributed by atoms with E-state index in [2.05, 4.69) is 10.2 Å². The first-order chi connectivity index (χ1) is 9.75. The van der Waals surface area contributed by atoms with Crippen LogP contribution >= 0.6 is 35.8 Å². The molecule has 2 saturated heterocycles. The third kappa shape index (κ3) is 3.86. The lowest BCUT2D eigenvalue weighted by molar-refractivity contribution is -0.130. The van der Waals surface area contributed by atoms with Gasteiger partial charge in [0, 0.05) is 23.5 Å². The Kier molecular flexibility index (Phi) is 6.23. The lowest BCUT2D eigenvalue weighted by Gasteiger charge is -2.27.